The van der Waals surface area contributed by atoms with Crippen molar-refractivity contribution < 1.29 is 52.7 Å². The van der Waals surface area contributed by atoms with Gasteiger partial charge in [0.2, 0.25) is 0 Å². The van der Waals surface area contributed by atoms with Gasteiger partial charge in [0.1, 0.15) is 23.3 Å². The van der Waals surface area contributed by atoms with Crippen LogP contribution in [-0.4, -0.2) is 59.5 Å². The summed E-state index contributed by atoms with van der Waals surface area (Å²) in [6.07, 6.45) is -3.18. The highest BCUT2D eigenvalue weighted by molar-refractivity contribution is 5.75. The molecule has 0 aliphatic rings. The average molecular weight is 584 g/mol. The molecule has 232 valence electrons. The summed E-state index contributed by atoms with van der Waals surface area (Å²) in [6, 6.07) is 2.67. The summed E-state index contributed by atoms with van der Waals surface area (Å²) in [7, 11) is 0. The maximum atomic E-state index is 12.5. The van der Waals surface area contributed by atoms with Gasteiger partial charge < -0.3 is 39.3 Å². The van der Waals surface area contributed by atoms with Crippen molar-refractivity contribution in [2.75, 3.05) is 6.61 Å². The van der Waals surface area contributed by atoms with Gasteiger partial charge in [0, 0.05) is 11.8 Å². The molecule has 0 aliphatic heterocycles. The number of nitrogens with two attached hydrogens (primary N) is 1. The van der Waals surface area contributed by atoms with Gasteiger partial charge in [-0.3, -0.25) is 4.79 Å². The van der Waals surface area contributed by atoms with E-state index in [1.807, 2.05) is 13.8 Å². The first-order chi connectivity index (χ1) is 18.7. The van der Waals surface area contributed by atoms with Gasteiger partial charge in [-0.25, -0.2) is 14.4 Å². The lowest BCUT2D eigenvalue weighted by atomic mass is 9.79. The first kappa shape index (κ1) is 35.5. The van der Waals surface area contributed by atoms with Crippen molar-refractivity contribution in [3.8, 4) is 11.5 Å². The summed E-state index contributed by atoms with van der Waals surface area (Å²) < 4.78 is 31.6. The second kappa shape index (κ2) is 14.9. The third-order valence-corrected chi connectivity index (χ3v) is 5.69. The molecule has 3 N–H and O–H groups in total. The van der Waals surface area contributed by atoms with Crippen LogP contribution in [0.25, 0.3) is 0 Å². The van der Waals surface area contributed by atoms with Gasteiger partial charge in [0.05, 0.1) is 6.61 Å². The van der Waals surface area contributed by atoms with Crippen LogP contribution in [0.15, 0.2) is 18.2 Å². The van der Waals surface area contributed by atoms with E-state index in [4.69, 9.17) is 34.2 Å². The summed E-state index contributed by atoms with van der Waals surface area (Å²) in [6.45, 7) is 17.3. The number of carboxylic acid groups (broad SMARTS) is 1. The van der Waals surface area contributed by atoms with Gasteiger partial charge in [-0.05, 0) is 78.5 Å². The van der Waals surface area contributed by atoms with Crippen molar-refractivity contribution in [3.63, 3.8) is 0 Å². The zero-order valence-electron chi connectivity index (χ0n) is 25.6. The predicted molar refractivity (Wildman–Crippen MR) is 149 cm³/mol. The van der Waals surface area contributed by atoms with E-state index in [0.29, 0.717) is 17.9 Å². The Balaban J connectivity index is 3.41. The molecular formula is C29H45NO11. The average Bonchev–Trinajstić information content (AvgIpc) is 2.77. The number of carbonyl (C=O) groups is 4. The van der Waals surface area contributed by atoms with E-state index < -0.39 is 59.6 Å². The molecule has 1 rings (SSSR count). The Kier molecular flexibility index (Phi) is 12.9. The molecule has 0 aromatic heterocycles. The smallest absolute Gasteiger partial charge is 0.480 e. The molecule has 0 heterocycles. The Morgan fingerprint density at radius 3 is 1.80 bits per heavy atom. The van der Waals surface area contributed by atoms with Crippen LogP contribution in [-0.2, 0) is 23.7 Å². The fourth-order valence-corrected chi connectivity index (χ4v) is 3.57. The fraction of sp³-hybridized carbons (Fsp3) is 0.655. The summed E-state index contributed by atoms with van der Waals surface area (Å²) >= 11 is 0. The normalized spacial score (nSPS) is 14.7. The summed E-state index contributed by atoms with van der Waals surface area (Å²) in [5.74, 6) is -2.98. The number of hydrogen-bond donors (Lipinski definition) is 2. The minimum absolute atomic E-state index is 0.179. The highest BCUT2D eigenvalue weighted by Crippen LogP contribution is 2.37. The number of benzene rings is 1. The molecule has 12 nitrogen and oxygen atoms in total. The van der Waals surface area contributed by atoms with E-state index in [1.165, 1.54) is 18.2 Å². The van der Waals surface area contributed by atoms with Gasteiger partial charge in [0.15, 0.2) is 11.5 Å². The number of hydrogen-bond acceptors (Lipinski definition) is 11. The molecule has 0 saturated carbocycles. The van der Waals surface area contributed by atoms with Crippen molar-refractivity contribution in [2.24, 2.45) is 17.6 Å². The molecule has 0 bridgehead atoms. The molecule has 1 aromatic rings. The van der Waals surface area contributed by atoms with E-state index in [-0.39, 0.29) is 18.1 Å². The van der Waals surface area contributed by atoms with Crippen LogP contribution in [0.5, 0.6) is 11.5 Å². The maximum Gasteiger partial charge on any atom is 0.514 e. The summed E-state index contributed by atoms with van der Waals surface area (Å²) in [4.78, 5) is 49.1. The first-order valence-corrected chi connectivity index (χ1v) is 13.5. The quantitative estimate of drug-likeness (QED) is 0.176. The molecule has 12 heteroatoms. The lowest BCUT2D eigenvalue weighted by Crippen LogP contribution is -2.42. The summed E-state index contributed by atoms with van der Waals surface area (Å²) in [5.41, 5.74) is 4.65. The molecule has 4 atom stereocenters. The highest BCUT2D eigenvalue weighted by atomic mass is 16.8. The Hall–Kier alpha value is -3.54. The molecule has 0 aliphatic carbocycles. The zero-order valence-corrected chi connectivity index (χ0v) is 25.6. The SMILES string of the molecule is CC(C)CCOC(=O)OC(C)C(C)C(c1ccc(OC(=O)OC(C)(C)C)c(OC(=O)OC(C)(C)C)c1)[C@H](N)C(=O)O. The second-order valence-corrected chi connectivity index (χ2v) is 12.2. The van der Waals surface area contributed by atoms with E-state index in [9.17, 15) is 24.3 Å². The van der Waals surface area contributed by atoms with Crippen molar-refractivity contribution in [1.82, 2.24) is 0 Å². The Labute approximate surface area is 241 Å². The lowest BCUT2D eigenvalue weighted by molar-refractivity contribution is -0.139. The van der Waals surface area contributed by atoms with Crippen LogP contribution >= 0.6 is 0 Å². The van der Waals surface area contributed by atoms with Crippen LogP contribution in [0.2, 0.25) is 0 Å². The van der Waals surface area contributed by atoms with Crippen LogP contribution in [0.4, 0.5) is 14.4 Å². The van der Waals surface area contributed by atoms with Gasteiger partial charge in [-0.2, -0.15) is 0 Å². The number of aliphatic carboxylic acids is 1. The van der Waals surface area contributed by atoms with Crippen molar-refractivity contribution >= 4 is 24.4 Å². The topological polar surface area (TPSA) is 170 Å². The molecular weight excluding hydrogens is 538 g/mol. The van der Waals surface area contributed by atoms with E-state index in [2.05, 4.69) is 0 Å². The summed E-state index contributed by atoms with van der Waals surface area (Å²) in [5, 5.41) is 9.77. The van der Waals surface area contributed by atoms with Crippen molar-refractivity contribution in [2.45, 2.75) is 105 Å². The second-order valence-electron chi connectivity index (χ2n) is 12.2. The van der Waals surface area contributed by atoms with Gasteiger partial charge in [-0.1, -0.05) is 26.8 Å². The van der Waals surface area contributed by atoms with E-state index >= 15 is 0 Å². The molecule has 1 aromatic carbocycles. The Morgan fingerprint density at radius 2 is 1.34 bits per heavy atom. The molecule has 0 spiro atoms. The van der Waals surface area contributed by atoms with Gasteiger partial charge in [-0.15, -0.1) is 0 Å². The number of rotatable bonds is 11. The standard InChI is InChI=1S/C29H45NO11/c1-16(2)13-14-36-25(33)37-18(4)17(3)22(23(30)24(31)32)19-11-12-20(38-26(34)40-28(5,6)7)21(15-19)39-27(35)41-29(8,9)10/h11-12,15-18,22-23H,13-14,30H2,1-10H3,(H,31,32)/t17?,18?,22?,23-/m0/s1. The van der Waals surface area contributed by atoms with Crippen molar-refractivity contribution in [3.05, 3.63) is 23.8 Å². The molecule has 0 fully saturated rings. The van der Waals surface area contributed by atoms with Gasteiger partial charge >= 0.3 is 24.4 Å². The number of ether oxygens (including phenoxy) is 6. The minimum Gasteiger partial charge on any atom is -0.480 e. The van der Waals surface area contributed by atoms with Gasteiger partial charge in [0.25, 0.3) is 0 Å². The van der Waals surface area contributed by atoms with Crippen molar-refractivity contribution in [1.29, 1.82) is 0 Å². The first-order valence-electron chi connectivity index (χ1n) is 13.5. The van der Waals surface area contributed by atoms with Crippen LogP contribution in [0.1, 0.15) is 87.1 Å². The molecule has 0 saturated heterocycles. The monoisotopic (exact) mass is 583 g/mol. The zero-order chi connectivity index (χ0) is 31.7. The minimum atomic E-state index is -1.44. The van der Waals surface area contributed by atoms with Crippen LogP contribution in [0, 0.1) is 11.8 Å². The molecule has 41 heavy (non-hydrogen) atoms. The third-order valence-electron chi connectivity index (χ3n) is 5.69. The molecule has 3 unspecified atom stereocenters. The third kappa shape index (κ3) is 13.1. The maximum absolute atomic E-state index is 12.5. The van der Waals surface area contributed by atoms with Crippen LogP contribution < -0.4 is 15.2 Å². The van der Waals surface area contributed by atoms with E-state index in [0.717, 1.165) is 0 Å². The number of carboxylic acids is 1. The Bertz CT molecular complexity index is 1060. The predicted octanol–water partition coefficient (Wildman–Crippen LogP) is 6.03. The largest absolute Gasteiger partial charge is 0.514 e. The Morgan fingerprint density at radius 1 is 0.829 bits per heavy atom. The molecule has 0 amide bonds. The fourth-order valence-electron chi connectivity index (χ4n) is 3.57. The van der Waals surface area contributed by atoms with Crippen LogP contribution in [0.3, 0.4) is 0 Å². The van der Waals surface area contributed by atoms with E-state index in [1.54, 1.807) is 55.4 Å². The number of carbonyl (C=O) groups excluding carboxylic acids is 3. The lowest BCUT2D eigenvalue weighted by Gasteiger charge is -2.31. The molecule has 0 radical (unpaired) electrons. The highest BCUT2D eigenvalue weighted by Gasteiger charge is 2.36.